The smallest absolute Gasteiger partial charge is 0.338 e. The van der Waals surface area contributed by atoms with Crippen molar-refractivity contribution >= 4 is 58.3 Å². The zero-order chi connectivity index (χ0) is 53.2. The van der Waals surface area contributed by atoms with Crippen LogP contribution in [-0.4, -0.2) is 137 Å². The average Bonchev–Trinajstić information content (AvgIpc) is 4.37. The number of aliphatic hydroxyl groups is 6. The number of rotatable bonds is 2. The molecule has 77 heavy (non-hydrogen) atoms. The Morgan fingerprint density at radius 1 is 0.403 bits per heavy atom. The minimum atomic E-state index is -1.93. The molecule has 0 amide bonds. The van der Waals surface area contributed by atoms with Crippen molar-refractivity contribution in [1.29, 1.82) is 0 Å². The van der Waals surface area contributed by atoms with Gasteiger partial charge in [-0.1, -0.05) is 83.9 Å². The molecule has 0 aliphatic carbocycles. The first kappa shape index (κ1) is 49.9. The molecule has 3 aromatic heterocycles. The van der Waals surface area contributed by atoms with Crippen LogP contribution in [0.3, 0.4) is 0 Å². The normalized spacial score (nSPS) is 25.3. The van der Waals surface area contributed by atoms with E-state index < -0.39 is 86.6 Å². The number of aromatic nitrogens is 4. The van der Waals surface area contributed by atoms with E-state index in [1.807, 2.05) is 111 Å². The summed E-state index contributed by atoms with van der Waals surface area (Å²) in [6.07, 6.45) is -10.2. The van der Waals surface area contributed by atoms with Crippen LogP contribution in [0.4, 0.5) is 0 Å². The van der Waals surface area contributed by atoms with Gasteiger partial charge in [-0.2, -0.15) is 0 Å². The summed E-state index contributed by atoms with van der Waals surface area (Å²) in [4.78, 5) is 46.3. The molecule has 10 atom stereocenters. The van der Waals surface area contributed by atoms with Gasteiger partial charge in [0.2, 0.25) is 0 Å². The Balaban J connectivity index is 1.12. The van der Waals surface area contributed by atoms with Crippen LogP contribution in [0.2, 0.25) is 0 Å². The fraction of sp³-hybridized carbons (Fsp3) is 0.233. The average molecular weight is 1040 g/mol. The maximum Gasteiger partial charge on any atom is 0.338 e. The van der Waals surface area contributed by atoms with E-state index in [0.717, 1.165) is 44.4 Å². The zero-order valence-corrected chi connectivity index (χ0v) is 41.5. The number of aryl methyl sites for hydroxylation is 2. The first-order chi connectivity index (χ1) is 37.3. The molecule has 2 fully saturated rings. The maximum absolute atomic E-state index is 14.1. The number of hydrogen-bond donors (Lipinski definition) is 8. The van der Waals surface area contributed by atoms with Crippen LogP contribution in [0, 0.1) is 13.8 Å². The minimum absolute atomic E-state index is 0.120. The summed E-state index contributed by atoms with van der Waals surface area (Å²) < 4.78 is 28.9. The van der Waals surface area contributed by atoms with E-state index >= 15 is 0 Å². The van der Waals surface area contributed by atoms with Gasteiger partial charge >= 0.3 is 11.9 Å². The van der Waals surface area contributed by atoms with Crippen LogP contribution in [-0.2, 0) is 23.7 Å². The fourth-order valence-corrected chi connectivity index (χ4v) is 10.4. The maximum atomic E-state index is 14.1. The first-order valence-electron chi connectivity index (χ1n) is 25.2. The Bertz CT molecular complexity index is 3510. The van der Waals surface area contributed by atoms with Crippen LogP contribution >= 0.6 is 0 Å². The molecule has 7 aromatic rings. The topological polar surface area (TPSA) is 259 Å². The fourth-order valence-electron chi connectivity index (χ4n) is 10.4. The van der Waals surface area contributed by atoms with Gasteiger partial charge in [0.15, 0.2) is 12.6 Å². The van der Waals surface area contributed by atoms with Crippen molar-refractivity contribution in [3.8, 4) is 44.5 Å². The van der Waals surface area contributed by atoms with Gasteiger partial charge in [-0.3, -0.25) is 0 Å². The number of H-pyrrole nitrogens is 2. The number of carbonyl (C=O) groups is 2. The van der Waals surface area contributed by atoms with Crippen LogP contribution < -0.4 is 0 Å². The molecule has 8 N–H and O–H groups in total. The van der Waals surface area contributed by atoms with Gasteiger partial charge in [-0.15, -0.1) is 0 Å². The van der Waals surface area contributed by atoms with E-state index in [4.69, 9.17) is 33.7 Å². The molecule has 4 aromatic carbocycles. The molecule has 17 heteroatoms. The zero-order valence-electron chi connectivity index (χ0n) is 41.5. The van der Waals surface area contributed by atoms with E-state index in [2.05, 4.69) is 22.1 Å². The third kappa shape index (κ3) is 9.37. The number of esters is 2. The van der Waals surface area contributed by atoms with E-state index in [1.54, 1.807) is 36.4 Å². The highest BCUT2D eigenvalue weighted by Crippen LogP contribution is 2.40. The number of nitrogens with zero attached hydrogens (tertiary/aromatic N) is 2. The largest absolute Gasteiger partial charge is 0.459 e. The highest BCUT2D eigenvalue weighted by molar-refractivity contribution is 6.01. The molecule has 6 aliphatic rings. The molecule has 0 saturated carbocycles. The molecule has 9 heterocycles. The van der Waals surface area contributed by atoms with E-state index in [1.165, 1.54) is 0 Å². The van der Waals surface area contributed by atoms with Crippen molar-refractivity contribution in [3.05, 3.63) is 166 Å². The van der Waals surface area contributed by atoms with E-state index in [0.29, 0.717) is 56.1 Å². The lowest BCUT2D eigenvalue weighted by molar-refractivity contribution is -0.376. The summed E-state index contributed by atoms with van der Waals surface area (Å²) in [6, 6.07) is 37.8. The van der Waals surface area contributed by atoms with Crippen LogP contribution in [0.5, 0.6) is 0 Å². The summed E-state index contributed by atoms with van der Waals surface area (Å²) in [5.41, 5.74) is 13.5. The van der Waals surface area contributed by atoms with Crippen molar-refractivity contribution in [3.63, 3.8) is 0 Å². The van der Waals surface area contributed by atoms with Gasteiger partial charge in [0, 0.05) is 44.3 Å². The third-order valence-electron chi connectivity index (χ3n) is 14.6. The lowest BCUT2D eigenvalue weighted by atomic mass is 9.98. The second kappa shape index (κ2) is 20.2. The monoisotopic (exact) mass is 1040 g/mol. The number of aromatic amines is 2. The minimum Gasteiger partial charge on any atom is -0.459 e. The second-order valence-electron chi connectivity index (χ2n) is 19.8. The lowest BCUT2D eigenvalue weighted by Gasteiger charge is -2.44. The van der Waals surface area contributed by atoms with Gasteiger partial charge in [0.25, 0.3) is 0 Å². The van der Waals surface area contributed by atoms with Crippen LogP contribution in [0.15, 0.2) is 121 Å². The predicted octanol–water partition coefficient (Wildman–Crippen LogP) is 6.90. The Labute approximate surface area is 440 Å². The molecule has 390 valence electrons. The van der Waals surface area contributed by atoms with Crippen molar-refractivity contribution < 1.29 is 63.9 Å². The predicted molar refractivity (Wildman–Crippen MR) is 285 cm³/mol. The molecule has 6 aliphatic heterocycles. The molecular formula is C60H52N4O13. The quantitative estimate of drug-likeness (QED) is 0.0820. The summed E-state index contributed by atoms with van der Waals surface area (Å²) >= 11 is 0. The summed E-state index contributed by atoms with van der Waals surface area (Å²) in [6.45, 7) is 2.76. The number of ether oxygens (including phenoxy) is 5. The number of fused-ring (bicyclic) bond motifs is 4. The van der Waals surface area contributed by atoms with Gasteiger partial charge < -0.3 is 64.3 Å². The van der Waals surface area contributed by atoms with Gasteiger partial charge in [-0.25, -0.2) is 19.6 Å². The van der Waals surface area contributed by atoms with Crippen molar-refractivity contribution in [2.45, 2.75) is 75.3 Å². The van der Waals surface area contributed by atoms with Crippen molar-refractivity contribution in [1.82, 2.24) is 19.9 Å². The summed E-state index contributed by atoms with van der Waals surface area (Å²) in [5.74, 6) is -1.64. The highest BCUT2D eigenvalue weighted by Gasteiger charge is 2.50. The lowest BCUT2D eigenvalue weighted by Crippen LogP contribution is -2.64. The number of carbonyl (C=O) groups excluding carboxylic acids is 2. The number of benzene rings is 4. The summed E-state index contributed by atoms with van der Waals surface area (Å²) in [5, 5.41) is 66.1. The first-order valence-corrected chi connectivity index (χ1v) is 25.2. The van der Waals surface area contributed by atoms with Crippen LogP contribution in [0.25, 0.3) is 90.9 Å². The number of aliphatic hydroxyl groups excluding tert-OH is 6. The van der Waals surface area contributed by atoms with Gasteiger partial charge in [0.1, 0.15) is 62.0 Å². The Morgan fingerprint density at radius 3 is 1.18 bits per heavy atom. The van der Waals surface area contributed by atoms with Gasteiger partial charge in [-0.05, 0) is 109 Å². The molecule has 18 bridgehead atoms. The van der Waals surface area contributed by atoms with E-state index in [-0.39, 0.29) is 11.1 Å². The van der Waals surface area contributed by atoms with Crippen molar-refractivity contribution in [2.75, 3.05) is 13.2 Å². The second-order valence-corrected chi connectivity index (χ2v) is 19.8. The molecule has 0 unspecified atom stereocenters. The molecule has 2 saturated heterocycles. The molecule has 0 radical (unpaired) electrons. The SMILES string of the molecule is Cc1ccc(-c2c3nc(c4c5ccc([nH]5)c(-c5ccc(C)cc5)c5ccc([nH]5)c(c5nc2C=C5)-c2cccc(c2)C(=O)OC[C@H]2O[C@H](O[C@@H]5O[C@H](COC(=O)c6cccc-4c6)[C@@H](O)[C@H](O)[C@@H]5O)[C@H](O)[C@@H](O)[C@@H]2O)C=C3)cc1. The van der Waals surface area contributed by atoms with Gasteiger partial charge in [0.05, 0.1) is 33.9 Å². The Kier molecular flexibility index (Phi) is 13.1. The van der Waals surface area contributed by atoms with Crippen LogP contribution in [0.1, 0.15) is 54.6 Å². The molecular weight excluding hydrogens is 985 g/mol. The van der Waals surface area contributed by atoms with Crippen molar-refractivity contribution in [2.24, 2.45) is 0 Å². The summed E-state index contributed by atoms with van der Waals surface area (Å²) in [7, 11) is 0. The standard InChI is InChI=1S/C60H52N4O13/c1-29-9-13-31(14-10-29)47-37-17-21-41(61-37)49-33-5-3-7-35(25-33)57(71)73-27-45-51(65)53(67)55(69)59(75-45)77-60-56(70)54(68)52(66)46(76-60)28-74-58(72)36-8-4-6-34(26-36)50(42-22-18-38(47)62-42)44-24-20-40(64-44)48(39-19-23-43(49)63-39)32-15-11-30(2)12-16-32/h3-26,45-46,51-56,59-62,65-70H,27-28H2,1-2H3/t45-,46-,51-,52-,53+,54+,55-,56+,59-,60+/m1/s1. The third-order valence-corrected chi connectivity index (χ3v) is 14.6. The molecule has 17 nitrogen and oxygen atoms in total. The molecule has 0 spiro atoms. The highest BCUT2D eigenvalue weighted by atomic mass is 16.8. The molecule has 13 rings (SSSR count). The Morgan fingerprint density at radius 2 is 0.766 bits per heavy atom. The number of nitrogens with one attached hydrogen (secondary N) is 2. The Hall–Kier alpha value is -7.94. The van der Waals surface area contributed by atoms with E-state index in [9.17, 15) is 40.2 Å². The number of hydrogen-bond acceptors (Lipinski definition) is 15.